The van der Waals surface area contributed by atoms with Gasteiger partial charge >= 0.3 is 6.18 Å². The first-order valence-electron chi connectivity index (χ1n) is 5.92. The van der Waals surface area contributed by atoms with Gasteiger partial charge in [-0.15, -0.1) is 11.8 Å². The lowest BCUT2D eigenvalue weighted by Gasteiger charge is -2.15. The van der Waals surface area contributed by atoms with Crippen LogP contribution < -0.4 is 0 Å². The Morgan fingerprint density at radius 1 is 1.17 bits per heavy atom. The third kappa shape index (κ3) is 4.19. The zero-order valence-corrected chi connectivity index (χ0v) is 11.8. The van der Waals surface area contributed by atoms with Crippen molar-refractivity contribution in [2.24, 2.45) is 5.92 Å². The van der Waals surface area contributed by atoms with Crippen molar-refractivity contribution in [3.05, 3.63) is 23.4 Å². The Labute approximate surface area is 110 Å². The highest BCUT2D eigenvalue weighted by molar-refractivity contribution is 7.99. The summed E-state index contributed by atoms with van der Waals surface area (Å²) in [5.41, 5.74) is 0.0757. The van der Waals surface area contributed by atoms with E-state index in [-0.39, 0.29) is 5.92 Å². The molecule has 0 fully saturated rings. The van der Waals surface area contributed by atoms with E-state index in [2.05, 4.69) is 4.98 Å². The topological polar surface area (TPSA) is 12.9 Å². The average molecular weight is 277 g/mol. The van der Waals surface area contributed by atoms with E-state index >= 15 is 0 Å². The fourth-order valence-corrected chi connectivity index (χ4v) is 2.53. The van der Waals surface area contributed by atoms with E-state index in [1.54, 1.807) is 6.07 Å². The number of hydrogen-bond donors (Lipinski definition) is 0. The maximum Gasteiger partial charge on any atom is 0.433 e. The molecule has 1 aromatic heterocycles. The molecule has 0 saturated heterocycles. The molecule has 1 heterocycles. The molecule has 102 valence electrons. The van der Waals surface area contributed by atoms with Gasteiger partial charge in [-0.3, -0.25) is 0 Å². The summed E-state index contributed by atoms with van der Waals surface area (Å²) in [6.45, 7) is 8.00. The van der Waals surface area contributed by atoms with Crippen LogP contribution in [0.25, 0.3) is 0 Å². The van der Waals surface area contributed by atoms with Crippen LogP contribution in [0.1, 0.15) is 44.9 Å². The van der Waals surface area contributed by atoms with E-state index in [4.69, 9.17) is 0 Å². The van der Waals surface area contributed by atoms with Crippen molar-refractivity contribution in [1.29, 1.82) is 0 Å². The number of halogens is 3. The van der Waals surface area contributed by atoms with Gasteiger partial charge in [0, 0.05) is 5.75 Å². The zero-order valence-electron chi connectivity index (χ0n) is 11.0. The predicted molar refractivity (Wildman–Crippen MR) is 68.9 cm³/mol. The highest BCUT2D eigenvalue weighted by atomic mass is 32.2. The monoisotopic (exact) mass is 277 g/mol. The van der Waals surface area contributed by atoms with Crippen LogP contribution >= 0.6 is 11.8 Å². The molecule has 1 nitrogen and oxygen atoms in total. The molecule has 1 rings (SSSR count). The maximum absolute atomic E-state index is 12.6. The summed E-state index contributed by atoms with van der Waals surface area (Å²) in [5.74, 6) is 1.37. The van der Waals surface area contributed by atoms with E-state index in [1.165, 1.54) is 11.8 Å². The van der Waals surface area contributed by atoms with Gasteiger partial charge in [0.2, 0.25) is 0 Å². The highest BCUT2D eigenvalue weighted by Gasteiger charge is 2.33. The highest BCUT2D eigenvalue weighted by Crippen LogP contribution is 2.33. The summed E-state index contributed by atoms with van der Waals surface area (Å²) in [7, 11) is 0. The van der Waals surface area contributed by atoms with Crippen molar-refractivity contribution in [1.82, 2.24) is 4.98 Å². The van der Waals surface area contributed by atoms with E-state index in [0.29, 0.717) is 10.9 Å². The third-order valence-corrected chi connectivity index (χ3v) is 3.79. The number of pyridine rings is 1. The van der Waals surface area contributed by atoms with Crippen molar-refractivity contribution in [2.75, 3.05) is 5.75 Å². The number of alkyl halides is 3. The lowest BCUT2D eigenvalue weighted by Crippen LogP contribution is -2.10. The summed E-state index contributed by atoms with van der Waals surface area (Å²) in [6.07, 6.45) is -4.37. The molecule has 18 heavy (non-hydrogen) atoms. The molecule has 0 aliphatic rings. The van der Waals surface area contributed by atoms with Crippen LogP contribution in [0.5, 0.6) is 0 Å². The van der Waals surface area contributed by atoms with E-state index in [9.17, 15) is 13.2 Å². The van der Waals surface area contributed by atoms with Gasteiger partial charge in [-0.05, 0) is 23.5 Å². The minimum absolute atomic E-state index is 0.175. The number of rotatable bonds is 4. The SMILES string of the molecule is CC(C)CSc1nc(C(F)(F)F)ccc1C(C)C. The summed E-state index contributed by atoms with van der Waals surface area (Å²) >= 11 is 1.40. The average Bonchev–Trinajstić information content (AvgIpc) is 2.24. The fraction of sp³-hybridized carbons (Fsp3) is 0.615. The molecule has 0 atom stereocenters. The summed E-state index contributed by atoms with van der Waals surface area (Å²) in [4.78, 5) is 3.78. The van der Waals surface area contributed by atoms with Crippen LogP contribution in [0, 0.1) is 5.92 Å². The number of aromatic nitrogens is 1. The molecule has 0 N–H and O–H groups in total. The Morgan fingerprint density at radius 2 is 1.78 bits per heavy atom. The largest absolute Gasteiger partial charge is 0.433 e. The first-order chi connectivity index (χ1) is 8.21. The predicted octanol–water partition coefficient (Wildman–Crippen LogP) is 4.97. The normalized spacial score (nSPS) is 12.5. The molecular formula is C13H18F3NS. The summed E-state index contributed by atoms with van der Waals surface area (Å²) < 4.78 is 37.9. The van der Waals surface area contributed by atoms with E-state index in [0.717, 1.165) is 17.4 Å². The van der Waals surface area contributed by atoms with Crippen LogP contribution in [0.3, 0.4) is 0 Å². The Bertz CT molecular complexity index is 400. The van der Waals surface area contributed by atoms with Gasteiger partial charge in [0.1, 0.15) is 10.7 Å². The standard InChI is InChI=1S/C13H18F3NS/c1-8(2)7-18-12-10(9(3)4)5-6-11(17-12)13(14,15)16/h5-6,8-9H,7H2,1-4H3. The molecule has 0 aromatic carbocycles. The molecule has 0 bridgehead atoms. The van der Waals surface area contributed by atoms with Gasteiger partial charge in [0.25, 0.3) is 0 Å². The van der Waals surface area contributed by atoms with E-state index < -0.39 is 11.9 Å². The molecular weight excluding hydrogens is 259 g/mol. The fourth-order valence-electron chi connectivity index (χ4n) is 1.41. The second kappa shape index (κ2) is 5.95. The van der Waals surface area contributed by atoms with E-state index in [1.807, 2.05) is 27.7 Å². The van der Waals surface area contributed by atoms with Gasteiger partial charge in [0.05, 0.1) is 0 Å². The van der Waals surface area contributed by atoms with Gasteiger partial charge in [-0.25, -0.2) is 4.98 Å². The summed E-state index contributed by atoms with van der Waals surface area (Å²) in [6, 6.07) is 2.61. The van der Waals surface area contributed by atoms with Gasteiger partial charge in [0.15, 0.2) is 0 Å². The van der Waals surface area contributed by atoms with Crippen molar-refractivity contribution in [3.63, 3.8) is 0 Å². The van der Waals surface area contributed by atoms with Crippen LogP contribution in [-0.4, -0.2) is 10.7 Å². The lowest BCUT2D eigenvalue weighted by atomic mass is 10.1. The summed E-state index contributed by atoms with van der Waals surface area (Å²) in [5, 5.41) is 0.508. The minimum Gasteiger partial charge on any atom is -0.237 e. The molecule has 0 saturated carbocycles. The minimum atomic E-state index is -4.37. The van der Waals surface area contributed by atoms with Crippen molar-refractivity contribution >= 4 is 11.8 Å². The first kappa shape index (κ1) is 15.3. The molecule has 0 radical (unpaired) electrons. The van der Waals surface area contributed by atoms with Crippen molar-refractivity contribution in [3.8, 4) is 0 Å². The molecule has 0 amide bonds. The van der Waals surface area contributed by atoms with Gasteiger partial charge < -0.3 is 0 Å². The number of nitrogens with zero attached hydrogens (tertiary/aromatic N) is 1. The Hall–Kier alpha value is -0.710. The maximum atomic E-state index is 12.6. The molecule has 0 aliphatic carbocycles. The van der Waals surface area contributed by atoms with Crippen molar-refractivity contribution in [2.45, 2.75) is 44.8 Å². The lowest BCUT2D eigenvalue weighted by molar-refractivity contribution is -0.141. The Kier molecular flexibility index (Phi) is 5.08. The van der Waals surface area contributed by atoms with Crippen LogP contribution in [0.15, 0.2) is 17.2 Å². The molecule has 1 aromatic rings. The van der Waals surface area contributed by atoms with Crippen molar-refractivity contribution < 1.29 is 13.2 Å². The number of thioether (sulfide) groups is 1. The van der Waals surface area contributed by atoms with Crippen LogP contribution in [-0.2, 0) is 6.18 Å². The Morgan fingerprint density at radius 3 is 2.22 bits per heavy atom. The Balaban J connectivity index is 3.08. The molecule has 0 spiro atoms. The van der Waals surface area contributed by atoms with Gasteiger partial charge in [-0.2, -0.15) is 13.2 Å². The van der Waals surface area contributed by atoms with Gasteiger partial charge in [-0.1, -0.05) is 33.8 Å². The zero-order chi connectivity index (χ0) is 13.9. The first-order valence-corrected chi connectivity index (χ1v) is 6.91. The quantitative estimate of drug-likeness (QED) is 0.720. The third-order valence-electron chi connectivity index (χ3n) is 2.36. The second-order valence-electron chi connectivity index (χ2n) is 4.95. The van der Waals surface area contributed by atoms with Crippen LogP contribution in [0.4, 0.5) is 13.2 Å². The second-order valence-corrected chi connectivity index (χ2v) is 5.96. The van der Waals surface area contributed by atoms with Crippen LogP contribution in [0.2, 0.25) is 0 Å². The smallest absolute Gasteiger partial charge is 0.237 e. The molecule has 5 heteroatoms. The molecule has 0 unspecified atom stereocenters. The molecule has 0 aliphatic heterocycles. The number of hydrogen-bond acceptors (Lipinski definition) is 2.